The van der Waals surface area contributed by atoms with Crippen LogP contribution in [-0.2, 0) is 0 Å². The van der Waals surface area contributed by atoms with Gasteiger partial charge in [-0.2, -0.15) is 4.98 Å². The van der Waals surface area contributed by atoms with Gasteiger partial charge < -0.3 is 10.5 Å². The zero-order valence-corrected chi connectivity index (χ0v) is 10.5. The van der Waals surface area contributed by atoms with Crippen molar-refractivity contribution in [3.63, 3.8) is 0 Å². The molecule has 1 heterocycles. The molecule has 3 aromatic rings. The molecule has 0 fully saturated rings. The van der Waals surface area contributed by atoms with Crippen molar-refractivity contribution in [1.29, 1.82) is 0 Å². The zero-order chi connectivity index (χ0) is 13.2. The van der Waals surface area contributed by atoms with Crippen molar-refractivity contribution in [1.82, 2.24) is 9.97 Å². The third kappa shape index (κ3) is 2.20. The van der Waals surface area contributed by atoms with Crippen LogP contribution in [0.15, 0.2) is 48.7 Å². The van der Waals surface area contributed by atoms with Gasteiger partial charge in [0.1, 0.15) is 0 Å². The van der Waals surface area contributed by atoms with E-state index in [-0.39, 0.29) is 0 Å². The van der Waals surface area contributed by atoms with E-state index in [0.29, 0.717) is 17.4 Å². The van der Waals surface area contributed by atoms with Crippen LogP contribution in [0.3, 0.4) is 0 Å². The largest absolute Gasteiger partial charge is 0.422 e. The van der Waals surface area contributed by atoms with Crippen molar-refractivity contribution in [2.24, 2.45) is 0 Å². The molecular formula is C15H13N3O. The monoisotopic (exact) mass is 251 g/mol. The van der Waals surface area contributed by atoms with E-state index in [1.807, 2.05) is 43.3 Å². The number of hydrogen-bond donors (Lipinski definition) is 1. The van der Waals surface area contributed by atoms with Crippen LogP contribution < -0.4 is 10.5 Å². The molecule has 4 heteroatoms. The third-order valence-corrected chi connectivity index (χ3v) is 2.95. The topological polar surface area (TPSA) is 61.0 Å². The molecule has 0 spiro atoms. The number of nitrogens with zero attached hydrogens (tertiary/aromatic N) is 2. The van der Waals surface area contributed by atoms with Gasteiger partial charge in [0.15, 0.2) is 5.75 Å². The van der Waals surface area contributed by atoms with Crippen molar-refractivity contribution >= 4 is 16.6 Å². The molecule has 1 aromatic heterocycles. The first-order valence-corrected chi connectivity index (χ1v) is 5.99. The van der Waals surface area contributed by atoms with Gasteiger partial charge in [-0.25, -0.2) is 4.98 Å². The van der Waals surface area contributed by atoms with Crippen LogP contribution in [-0.4, -0.2) is 9.97 Å². The molecule has 0 saturated carbocycles. The molecule has 19 heavy (non-hydrogen) atoms. The van der Waals surface area contributed by atoms with E-state index in [2.05, 4.69) is 9.97 Å². The number of ether oxygens (including phenoxy) is 1. The summed E-state index contributed by atoms with van der Waals surface area (Å²) in [5, 5.41) is 0.979. The summed E-state index contributed by atoms with van der Waals surface area (Å²) in [5.41, 5.74) is 8.39. The number of benzene rings is 2. The maximum absolute atomic E-state index is 5.96. The quantitative estimate of drug-likeness (QED) is 0.710. The van der Waals surface area contributed by atoms with E-state index in [9.17, 15) is 0 Å². The number of fused-ring (bicyclic) bond motifs is 1. The first kappa shape index (κ1) is 11.5. The van der Waals surface area contributed by atoms with Crippen LogP contribution in [0.4, 0.5) is 5.69 Å². The summed E-state index contributed by atoms with van der Waals surface area (Å²) in [5.74, 6) is 0.579. The molecule has 0 aliphatic rings. The van der Waals surface area contributed by atoms with Crippen LogP contribution in [0, 0.1) is 6.92 Å². The molecule has 0 unspecified atom stereocenters. The van der Waals surface area contributed by atoms with Gasteiger partial charge in [0.2, 0.25) is 0 Å². The lowest BCUT2D eigenvalue weighted by molar-refractivity contribution is 0.446. The van der Waals surface area contributed by atoms with Gasteiger partial charge >= 0.3 is 6.01 Å². The summed E-state index contributed by atoms with van der Waals surface area (Å²) < 4.78 is 5.65. The maximum atomic E-state index is 5.96. The molecular weight excluding hydrogens is 238 g/mol. The lowest BCUT2D eigenvalue weighted by Crippen LogP contribution is -1.97. The smallest absolute Gasteiger partial charge is 0.322 e. The number of nitrogens with two attached hydrogens (primary N) is 1. The van der Waals surface area contributed by atoms with E-state index in [0.717, 1.165) is 16.5 Å². The number of nitrogen functional groups attached to an aromatic ring is 1. The van der Waals surface area contributed by atoms with E-state index >= 15 is 0 Å². The van der Waals surface area contributed by atoms with Crippen molar-refractivity contribution in [3.05, 3.63) is 54.2 Å². The number of hydrogen-bond acceptors (Lipinski definition) is 4. The first-order valence-electron chi connectivity index (χ1n) is 5.99. The predicted molar refractivity (Wildman–Crippen MR) is 75.2 cm³/mol. The van der Waals surface area contributed by atoms with Gasteiger partial charge in [0.25, 0.3) is 0 Å². The van der Waals surface area contributed by atoms with Crippen molar-refractivity contribution in [2.45, 2.75) is 6.92 Å². The lowest BCUT2D eigenvalue weighted by atomic mass is 10.2. The molecule has 0 radical (unpaired) electrons. The second-order valence-corrected chi connectivity index (χ2v) is 4.30. The van der Waals surface area contributed by atoms with Crippen LogP contribution >= 0.6 is 0 Å². The molecule has 2 N–H and O–H groups in total. The second-order valence-electron chi connectivity index (χ2n) is 4.30. The van der Waals surface area contributed by atoms with Gasteiger partial charge in [-0.1, -0.05) is 30.3 Å². The number of aromatic nitrogens is 2. The van der Waals surface area contributed by atoms with E-state index < -0.39 is 0 Å². The minimum Gasteiger partial charge on any atom is -0.422 e. The Morgan fingerprint density at radius 3 is 2.79 bits per heavy atom. The van der Waals surface area contributed by atoms with Crippen LogP contribution in [0.1, 0.15) is 5.56 Å². The minimum atomic E-state index is 0.302. The Morgan fingerprint density at radius 1 is 1.05 bits per heavy atom. The molecule has 0 aliphatic heterocycles. The SMILES string of the molecule is Cc1cccc(Oc2ncc3ccccc3n2)c1N. The van der Waals surface area contributed by atoms with Crippen LogP contribution in [0.5, 0.6) is 11.8 Å². The van der Waals surface area contributed by atoms with Gasteiger partial charge in [-0.3, -0.25) is 0 Å². The summed E-state index contributed by atoms with van der Waals surface area (Å²) in [6, 6.07) is 13.7. The van der Waals surface area contributed by atoms with E-state index in [4.69, 9.17) is 10.5 Å². The maximum Gasteiger partial charge on any atom is 0.322 e. The fourth-order valence-electron chi connectivity index (χ4n) is 1.85. The Kier molecular flexibility index (Phi) is 2.76. The first-order chi connectivity index (χ1) is 9.24. The predicted octanol–water partition coefficient (Wildman–Crippen LogP) is 3.31. The van der Waals surface area contributed by atoms with Gasteiger partial charge in [0, 0.05) is 11.6 Å². The zero-order valence-electron chi connectivity index (χ0n) is 10.5. The summed E-state index contributed by atoms with van der Waals surface area (Å²) >= 11 is 0. The normalized spacial score (nSPS) is 10.6. The van der Waals surface area contributed by atoms with Crippen LogP contribution in [0.25, 0.3) is 10.9 Å². The highest BCUT2D eigenvalue weighted by molar-refractivity contribution is 5.77. The van der Waals surface area contributed by atoms with Crippen molar-refractivity contribution in [3.8, 4) is 11.8 Å². The molecule has 3 rings (SSSR count). The Bertz CT molecular complexity index is 740. The summed E-state index contributed by atoms with van der Waals surface area (Å²) in [6.45, 7) is 1.93. The van der Waals surface area contributed by atoms with Gasteiger partial charge in [0.05, 0.1) is 11.2 Å². The summed E-state index contributed by atoms with van der Waals surface area (Å²) in [7, 11) is 0. The van der Waals surface area contributed by atoms with E-state index in [1.165, 1.54) is 0 Å². The Labute approximate surface area is 110 Å². The van der Waals surface area contributed by atoms with Crippen molar-refractivity contribution < 1.29 is 4.74 Å². The molecule has 2 aromatic carbocycles. The molecule has 94 valence electrons. The molecule has 4 nitrogen and oxygen atoms in total. The fourth-order valence-corrected chi connectivity index (χ4v) is 1.85. The number of para-hydroxylation sites is 2. The molecule has 0 saturated heterocycles. The Morgan fingerprint density at radius 2 is 1.89 bits per heavy atom. The lowest BCUT2D eigenvalue weighted by Gasteiger charge is -2.08. The molecule has 0 aliphatic carbocycles. The number of rotatable bonds is 2. The Hall–Kier alpha value is -2.62. The van der Waals surface area contributed by atoms with E-state index in [1.54, 1.807) is 12.3 Å². The van der Waals surface area contributed by atoms with Gasteiger partial charge in [-0.15, -0.1) is 0 Å². The average Bonchev–Trinajstić information content (AvgIpc) is 2.44. The summed E-state index contributed by atoms with van der Waals surface area (Å²) in [4.78, 5) is 8.54. The summed E-state index contributed by atoms with van der Waals surface area (Å²) in [6.07, 6.45) is 1.74. The highest BCUT2D eigenvalue weighted by Gasteiger charge is 2.06. The molecule has 0 amide bonds. The molecule has 0 atom stereocenters. The highest BCUT2D eigenvalue weighted by atomic mass is 16.5. The molecule has 0 bridgehead atoms. The second kappa shape index (κ2) is 4.57. The number of anilines is 1. The van der Waals surface area contributed by atoms with Crippen LogP contribution in [0.2, 0.25) is 0 Å². The standard InChI is InChI=1S/C15H13N3O/c1-10-5-4-8-13(14(10)16)19-15-17-9-11-6-2-3-7-12(11)18-15/h2-9H,16H2,1H3. The number of aryl methyl sites for hydroxylation is 1. The average molecular weight is 251 g/mol. The van der Waals surface area contributed by atoms with Crippen molar-refractivity contribution in [2.75, 3.05) is 5.73 Å². The fraction of sp³-hybridized carbons (Fsp3) is 0.0667. The van der Waals surface area contributed by atoms with Gasteiger partial charge in [-0.05, 0) is 24.6 Å². The minimum absolute atomic E-state index is 0.302. The highest BCUT2D eigenvalue weighted by Crippen LogP contribution is 2.28. The third-order valence-electron chi connectivity index (χ3n) is 2.95. The Balaban J connectivity index is 1.99.